The van der Waals surface area contributed by atoms with Crippen molar-refractivity contribution in [1.29, 1.82) is 0 Å². The van der Waals surface area contributed by atoms with Crippen LogP contribution in [0.3, 0.4) is 0 Å². The van der Waals surface area contributed by atoms with Crippen molar-refractivity contribution < 1.29 is 4.79 Å². The van der Waals surface area contributed by atoms with Crippen LogP contribution >= 0.6 is 0 Å². The average Bonchev–Trinajstić information content (AvgIpc) is 2.86. The van der Waals surface area contributed by atoms with Gasteiger partial charge in [0, 0.05) is 11.0 Å². The van der Waals surface area contributed by atoms with Crippen molar-refractivity contribution in [2.45, 2.75) is 33.1 Å². The number of aryl methyl sites for hydroxylation is 1. The van der Waals surface area contributed by atoms with Gasteiger partial charge in [0.05, 0.1) is 11.0 Å². The third kappa shape index (κ3) is 2.43. The summed E-state index contributed by atoms with van der Waals surface area (Å²) in [5.74, 6) is 0.764. The Kier molecular flexibility index (Phi) is 3.36. The summed E-state index contributed by atoms with van der Waals surface area (Å²) in [6.45, 7) is 8.27. The summed E-state index contributed by atoms with van der Waals surface area (Å²) in [6.07, 6.45) is 0. The van der Waals surface area contributed by atoms with Gasteiger partial charge in [-0.1, -0.05) is 45.0 Å². The van der Waals surface area contributed by atoms with Crippen molar-refractivity contribution in [2.75, 3.05) is 0 Å². The van der Waals surface area contributed by atoms with Gasteiger partial charge in [0.1, 0.15) is 5.82 Å². The number of nitrogens with zero attached hydrogens (tertiary/aromatic N) is 2. The zero-order valence-corrected chi connectivity index (χ0v) is 13.4. The maximum absolute atomic E-state index is 13.0. The summed E-state index contributed by atoms with van der Waals surface area (Å²) >= 11 is 0. The fourth-order valence-electron chi connectivity index (χ4n) is 2.60. The molecule has 0 unspecified atom stereocenters. The van der Waals surface area contributed by atoms with E-state index in [0.29, 0.717) is 5.56 Å². The molecule has 3 nitrogen and oxygen atoms in total. The van der Waals surface area contributed by atoms with E-state index in [0.717, 1.165) is 22.4 Å². The molecule has 0 aliphatic heterocycles. The first kappa shape index (κ1) is 14.5. The van der Waals surface area contributed by atoms with Crippen molar-refractivity contribution in [3.63, 3.8) is 0 Å². The largest absolute Gasteiger partial charge is 0.268 e. The Morgan fingerprint density at radius 3 is 2.36 bits per heavy atom. The molecule has 112 valence electrons. The highest BCUT2D eigenvalue weighted by atomic mass is 16.2. The molecule has 0 bridgehead atoms. The van der Waals surface area contributed by atoms with Crippen LogP contribution in [0.1, 0.15) is 42.5 Å². The van der Waals surface area contributed by atoms with E-state index in [4.69, 9.17) is 4.98 Å². The molecule has 0 saturated heterocycles. The summed E-state index contributed by atoms with van der Waals surface area (Å²) in [5.41, 5.74) is 3.32. The number of benzene rings is 2. The zero-order chi connectivity index (χ0) is 15.9. The van der Waals surface area contributed by atoms with Crippen molar-refractivity contribution >= 4 is 16.9 Å². The van der Waals surface area contributed by atoms with Gasteiger partial charge >= 0.3 is 0 Å². The Balaban J connectivity index is 2.30. The predicted octanol–water partition coefficient (Wildman–Crippen LogP) is 4.33. The molecule has 0 atom stereocenters. The van der Waals surface area contributed by atoms with E-state index in [1.807, 2.05) is 55.5 Å². The molecule has 0 radical (unpaired) electrons. The standard InChI is InChI=1S/C19H20N2O/c1-13-10-11-15-16(12-13)21(18(20-15)19(2,3)4)17(22)14-8-6-5-7-9-14/h5-12H,1-4H3. The van der Waals surface area contributed by atoms with Gasteiger partial charge in [0.25, 0.3) is 5.91 Å². The van der Waals surface area contributed by atoms with E-state index in [1.165, 1.54) is 0 Å². The number of rotatable bonds is 1. The normalized spacial score (nSPS) is 11.8. The van der Waals surface area contributed by atoms with Crippen LogP contribution in [0.25, 0.3) is 11.0 Å². The van der Waals surface area contributed by atoms with Crippen molar-refractivity contribution in [1.82, 2.24) is 9.55 Å². The molecule has 1 aromatic heterocycles. The van der Waals surface area contributed by atoms with Gasteiger partial charge in [-0.05, 0) is 36.8 Å². The second-order valence-corrected chi connectivity index (χ2v) is 6.68. The lowest BCUT2D eigenvalue weighted by Gasteiger charge is -2.19. The fraction of sp³-hybridized carbons (Fsp3) is 0.263. The van der Waals surface area contributed by atoms with Gasteiger partial charge < -0.3 is 0 Å². The summed E-state index contributed by atoms with van der Waals surface area (Å²) in [7, 11) is 0. The molecule has 0 spiro atoms. The van der Waals surface area contributed by atoms with Crippen molar-refractivity contribution in [3.05, 3.63) is 65.5 Å². The summed E-state index contributed by atoms with van der Waals surface area (Å²) in [4.78, 5) is 17.7. The van der Waals surface area contributed by atoms with E-state index in [9.17, 15) is 4.79 Å². The molecule has 3 rings (SSSR count). The van der Waals surface area contributed by atoms with Crippen LogP contribution in [0.2, 0.25) is 0 Å². The van der Waals surface area contributed by atoms with Crippen LogP contribution in [-0.2, 0) is 5.41 Å². The third-order valence-electron chi connectivity index (χ3n) is 3.70. The van der Waals surface area contributed by atoms with Gasteiger partial charge in [0.2, 0.25) is 0 Å². The van der Waals surface area contributed by atoms with Crippen LogP contribution < -0.4 is 0 Å². The average molecular weight is 292 g/mol. The zero-order valence-electron chi connectivity index (χ0n) is 13.4. The quantitative estimate of drug-likeness (QED) is 0.669. The molecule has 2 aromatic carbocycles. The second kappa shape index (κ2) is 5.09. The lowest BCUT2D eigenvalue weighted by atomic mass is 9.95. The van der Waals surface area contributed by atoms with E-state index < -0.39 is 0 Å². The van der Waals surface area contributed by atoms with Gasteiger partial charge in [-0.15, -0.1) is 0 Å². The molecule has 0 N–H and O–H groups in total. The maximum Gasteiger partial charge on any atom is 0.263 e. The van der Waals surface area contributed by atoms with Gasteiger partial charge in [0.15, 0.2) is 0 Å². The minimum absolute atomic E-state index is 0.0291. The Morgan fingerprint density at radius 1 is 1.05 bits per heavy atom. The first-order valence-corrected chi connectivity index (χ1v) is 7.47. The van der Waals surface area contributed by atoms with Crippen molar-refractivity contribution in [3.8, 4) is 0 Å². The highest BCUT2D eigenvalue weighted by molar-refractivity contribution is 6.02. The molecule has 3 heteroatoms. The summed E-state index contributed by atoms with van der Waals surface area (Å²) in [6, 6.07) is 15.4. The van der Waals surface area contributed by atoms with Gasteiger partial charge in [-0.3, -0.25) is 9.36 Å². The second-order valence-electron chi connectivity index (χ2n) is 6.68. The molecule has 3 aromatic rings. The topological polar surface area (TPSA) is 34.9 Å². The molecular weight excluding hydrogens is 272 g/mol. The SMILES string of the molecule is Cc1ccc2nc(C(C)(C)C)n(C(=O)c3ccccc3)c2c1. The van der Waals surface area contributed by atoms with E-state index in [-0.39, 0.29) is 11.3 Å². The van der Waals surface area contributed by atoms with Crippen LogP contribution in [0.5, 0.6) is 0 Å². The Labute approximate surface area is 130 Å². The highest BCUT2D eigenvalue weighted by Gasteiger charge is 2.26. The molecule has 0 aliphatic rings. The molecule has 0 saturated carbocycles. The summed E-state index contributed by atoms with van der Waals surface area (Å²) < 4.78 is 1.76. The first-order chi connectivity index (χ1) is 10.4. The number of carbonyl (C=O) groups is 1. The van der Waals surface area contributed by atoms with Gasteiger partial charge in [-0.25, -0.2) is 4.98 Å². The number of hydrogen-bond acceptors (Lipinski definition) is 2. The van der Waals surface area contributed by atoms with Crippen molar-refractivity contribution in [2.24, 2.45) is 0 Å². The van der Waals surface area contributed by atoms with E-state index in [2.05, 4.69) is 20.8 Å². The number of hydrogen-bond donors (Lipinski definition) is 0. The first-order valence-electron chi connectivity index (χ1n) is 7.47. The van der Waals surface area contributed by atoms with E-state index >= 15 is 0 Å². The lowest BCUT2D eigenvalue weighted by molar-refractivity contribution is 0.0957. The van der Waals surface area contributed by atoms with Crippen LogP contribution in [0.4, 0.5) is 0 Å². The highest BCUT2D eigenvalue weighted by Crippen LogP contribution is 2.27. The molecular formula is C19H20N2O. The number of carbonyl (C=O) groups excluding carboxylic acids is 1. The summed E-state index contributed by atoms with van der Waals surface area (Å²) in [5, 5.41) is 0. The van der Waals surface area contributed by atoms with Crippen LogP contribution in [0, 0.1) is 6.92 Å². The van der Waals surface area contributed by atoms with Gasteiger partial charge in [-0.2, -0.15) is 0 Å². The molecule has 22 heavy (non-hydrogen) atoms. The Bertz CT molecular complexity index is 839. The smallest absolute Gasteiger partial charge is 0.263 e. The lowest BCUT2D eigenvalue weighted by Crippen LogP contribution is -2.24. The number of imidazole rings is 1. The predicted molar refractivity (Wildman–Crippen MR) is 89.3 cm³/mol. The maximum atomic E-state index is 13.0. The van der Waals surface area contributed by atoms with Crippen LogP contribution in [-0.4, -0.2) is 15.5 Å². The third-order valence-corrected chi connectivity index (χ3v) is 3.70. The molecule has 0 fully saturated rings. The molecule has 0 aliphatic carbocycles. The molecule has 0 amide bonds. The monoisotopic (exact) mass is 292 g/mol. The fourth-order valence-corrected chi connectivity index (χ4v) is 2.60. The Hall–Kier alpha value is -2.42. The van der Waals surface area contributed by atoms with Crippen LogP contribution in [0.15, 0.2) is 48.5 Å². The van der Waals surface area contributed by atoms with E-state index in [1.54, 1.807) is 4.57 Å². The minimum Gasteiger partial charge on any atom is -0.268 e. The minimum atomic E-state index is -0.211. The Morgan fingerprint density at radius 2 is 1.73 bits per heavy atom. The number of aromatic nitrogens is 2. The molecule has 1 heterocycles. The number of fused-ring (bicyclic) bond motifs is 1.